The Morgan fingerprint density at radius 1 is 1.27 bits per heavy atom. The van der Waals surface area contributed by atoms with Crippen molar-refractivity contribution in [2.75, 3.05) is 18.9 Å². The van der Waals surface area contributed by atoms with Crippen molar-refractivity contribution in [2.24, 2.45) is 0 Å². The van der Waals surface area contributed by atoms with Crippen molar-refractivity contribution < 1.29 is 32.5 Å². The van der Waals surface area contributed by atoms with E-state index in [1.807, 2.05) is 6.07 Å². The first-order chi connectivity index (χ1) is 15.7. The number of halogens is 3. The number of imidazole rings is 1. The minimum atomic E-state index is -5.11. The van der Waals surface area contributed by atoms with Crippen LogP contribution < -0.4 is 5.73 Å². The molecule has 4 heterocycles. The Hall–Kier alpha value is -3.29. The number of anilines is 1. The summed E-state index contributed by atoms with van der Waals surface area (Å²) in [6, 6.07) is 7.79. The second-order valence-corrected chi connectivity index (χ2v) is 7.95. The van der Waals surface area contributed by atoms with Crippen LogP contribution in [-0.4, -0.2) is 72.5 Å². The number of ether oxygens (including phenoxy) is 2. The molecule has 174 valence electrons. The van der Waals surface area contributed by atoms with Gasteiger partial charge in [-0.15, -0.1) is 0 Å². The molecule has 0 saturated carbocycles. The minimum Gasteiger partial charge on any atom is -0.393 e. The molecule has 2 aliphatic rings. The first-order valence-electron chi connectivity index (χ1n) is 10.0. The fourth-order valence-corrected chi connectivity index (χ4v) is 4.51. The maximum atomic E-state index is 13.4. The molecule has 2 fully saturated rings. The van der Waals surface area contributed by atoms with E-state index in [1.165, 1.54) is 17.2 Å². The van der Waals surface area contributed by atoms with Crippen molar-refractivity contribution in [1.82, 2.24) is 24.4 Å². The molecule has 2 aromatic heterocycles. The summed E-state index contributed by atoms with van der Waals surface area (Å²) >= 11 is 0. The molecule has 2 saturated heterocycles. The molecular formula is C20H19F3N6O4. The predicted molar refractivity (Wildman–Crippen MR) is 106 cm³/mol. The largest absolute Gasteiger partial charge is 0.471 e. The highest BCUT2D eigenvalue weighted by Crippen LogP contribution is 2.49. The van der Waals surface area contributed by atoms with E-state index in [0.29, 0.717) is 4.90 Å². The van der Waals surface area contributed by atoms with Gasteiger partial charge in [-0.3, -0.25) is 9.36 Å². The maximum Gasteiger partial charge on any atom is 0.471 e. The number of benzene rings is 1. The maximum absolute atomic E-state index is 13.4. The number of hydrogen-bond donors (Lipinski definition) is 2. The molecule has 4 atom stereocenters. The molecule has 13 heteroatoms. The van der Waals surface area contributed by atoms with Gasteiger partial charge in [-0.25, -0.2) is 15.0 Å². The van der Waals surface area contributed by atoms with Gasteiger partial charge in [0.1, 0.15) is 29.6 Å². The van der Waals surface area contributed by atoms with Gasteiger partial charge in [0.25, 0.3) is 0 Å². The van der Waals surface area contributed by atoms with Crippen molar-refractivity contribution in [3.63, 3.8) is 0 Å². The van der Waals surface area contributed by atoms with E-state index in [-0.39, 0.29) is 23.6 Å². The third kappa shape index (κ3) is 3.39. The fourth-order valence-electron chi connectivity index (χ4n) is 4.51. The average Bonchev–Trinajstić information content (AvgIpc) is 3.46. The number of alkyl halides is 3. The first-order valence-corrected chi connectivity index (χ1v) is 10.0. The van der Waals surface area contributed by atoms with Gasteiger partial charge in [-0.2, -0.15) is 13.2 Å². The number of aliphatic hydroxyl groups is 1. The molecule has 1 amide bonds. The van der Waals surface area contributed by atoms with Gasteiger partial charge in [0.05, 0.1) is 26.1 Å². The lowest BCUT2D eigenvalue weighted by Gasteiger charge is -2.36. The van der Waals surface area contributed by atoms with Crippen molar-refractivity contribution in [1.29, 1.82) is 0 Å². The van der Waals surface area contributed by atoms with Crippen LogP contribution >= 0.6 is 0 Å². The standard InChI is InChI=1S/C20H19F3N6O4/c21-20(22,23)18(31)28-7-19(8-30)14(32-6-11-4-2-1-3-5-11)13(28)17(33-19)29-10-27-12-15(24)25-9-26-16(12)29/h1-5,9-10,13-14,17,30H,6-8H2,(H2,24,25,26)/t13-,14+,17+,19+/m0/s1. The minimum absolute atomic E-state index is 0.0493. The van der Waals surface area contributed by atoms with Gasteiger partial charge in [0.15, 0.2) is 17.7 Å². The summed E-state index contributed by atoms with van der Waals surface area (Å²) in [6.45, 7) is -1.09. The first kappa shape index (κ1) is 21.6. The van der Waals surface area contributed by atoms with Crippen LogP contribution in [0.15, 0.2) is 43.0 Å². The number of likely N-dealkylation sites (tertiary alicyclic amines) is 1. The lowest BCUT2D eigenvalue weighted by Crippen LogP contribution is -2.53. The van der Waals surface area contributed by atoms with Gasteiger partial charge < -0.3 is 25.2 Å². The van der Waals surface area contributed by atoms with E-state index in [1.54, 1.807) is 24.3 Å². The lowest BCUT2D eigenvalue weighted by molar-refractivity contribution is -0.202. The van der Waals surface area contributed by atoms with Gasteiger partial charge in [-0.05, 0) is 5.56 Å². The van der Waals surface area contributed by atoms with Crippen LogP contribution in [0.1, 0.15) is 11.8 Å². The molecule has 5 rings (SSSR count). The van der Waals surface area contributed by atoms with Crippen LogP contribution in [0.3, 0.4) is 0 Å². The van der Waals surface area contributed by atoms with Crippen LogP contribution in [0.4, 0.5) is 19.0 Å². The van der Waals surface area contributed by atoms with Gasteiger partial charge in [0.2, 0.25) is 0 Å². The molecule has 10 nitrogen and oxygen atoms in total. The summed E-state index contributed by atoms with van der Waals surface area (Å²) in [7, 11) is 0. The van der Waals surface area contributed by atoms with Crippen molar-refractivity contribution in [3.8, 4) is 0 Å². The molecule has 0 aliphatic carbocycles. The number of fused-ring (bicyclic) bond motifs is 3. The molecule has 2 bridgehead atoms. The normalized spacial score (nSPS) is 26.9. The van der Waals surface area contributed by atoms with E-state index < -0.39 is 49.2 Å². The van der Waals surface area contributed by atoms with Crippen molar-refractivity contribution in [3.05, 3.63) is 48.5 Å². The van der Waals surface area contributed by atoms with E-state index in [9.17, 15) is 23.1 Å². The monoisotopic (exact) mass is 464 g/mol. The van der Waals surface area contributed by atoms with Crippen molar-refractivity contribution >= 4 is 22.9 Å². The van der Waals surface area contributed by atoms with E-state index in [0.717, 1.165) is 5.56 Å². The number of nitrogens with zero attached hydrogens (tertiary/aromatic N) is 5. The Balaban J connectivity index is 1.56. The quantitative estimate of drug-likeness (QED) is 0.573. The molecule has 3 N–H and O–H groups in total. The number of hydrogen-bond acceptors (Lipinski definition) is 8. The third-order valence-corrected chi connectivity index (χ3v) is 5.98. The van der Waals surface area contributed by atoms with Crippen LogP contribution in [0, 0.1) is 0 Å². The Morgan fingerprint density at radius 2 is 2.03 bits per heavy atom. The molecular weight excluding hydrogens is 445 g/mol. The highest BCUT2D eigenvalue weighted by molar-refractivity contribution is 5.83. The average molecular weight is 464 g/mol. The Morgan fingerprint density at radius 3 is 2.73 bits per heavy atom. The Labute approximate surface area is 184 Å². The molecule has 33 heavy (non-hydrogen) atoms. The molecule has 0 unspecified atom stereocenters. The van der Waals surface area contributed by atoms with Gasteiger partial charge >= 0.3 is 12.1 Å². The van der Waals surface area contributed by atoms with Gasteiger partial charge in [-0.1, -0.05) is 30.3 Å². The Kier molecular flexibility index (Phi) is 4.99. The number of carbonyl (C=O) groups is 1. The smallest absolute Gasteiger partial charge is 0.393 e. The van der Waals surface area contributed by atoms with E-state index in [2.05, 4.69) is 15.0 Å². The summed E-state index contributed by atoms with van der Waals surface area (Å²) in [5.41, 5.74) is 5.48. The molecule has 1 aromatic carbocycles. The Bertz CT molecular complexity index is 1190. The second-order valence-electron chi connectivity index (χ2n) is 7.95. The SMILES string of the molecule is Nc1ncnc2c1ncn2[C@@H]1O[C@@]2(CO)CN(C(=O)C(F)(F)F)[C@H]1[C@H]2OCc1ccccc1. The summed E-state index contributed by atoms with van der Waals surface area (Å²) in [4.78, 5) is 25.1. The number of nitrogen functional groups attached to an aromatic ring is 1. The fraction of sp³-hybridized carbons (Fsp3) is 0.400. The number of rotatable bonds is 5. The lowest BCUT2D eigenvalue weighted by atomic mass is 10.00. The summed E-state index contributed by atoms with van der Waals surface area (Å²) in [6.07, 6.45) is -4.82. The number of morpholine rings is 1. The van der Waals surface area contributed by atoms with Crippen LogP contribution in [-0.2, 0) is 20.9 Å². The number of nitrogens with two attached hydrogens (primary N) is 1. The highest BCUT2D eigenvalue weighted by Gasteiger charge is 2.68. The van der Waals surface area contributed by atoms with Crippen molar-refractivity contribution in [2.45, 2.75) is 36.8 Å². The number of aromatic nitrogens is 4. The highest BCUT2D eigenvalue weighted by atomic mass is 19.4. The van der Waals surface area contributed by atoms with E-state index in [4.69, 9.17) is 15.2 Å². The number of aliphatic hydroxyl groups excluding tert-OH is 1. The molecule has 0 radical (unpaired) electrons. The third-order valence-electron chi connectivity index (χ3n) is 5.98. The summed E-state index contributed by atoms with van der Waals surface area (Å²) in [5, 5.41) is 10.2. The predicted octanol–water partition coefficient (Wildman–Crippen LogP) is 1.03. The number of amides is 1. The summed E-state index contributed by atoms with van der Waals surface area (Å²) < 4.78 is 53.7. The molecule has 0 spiro atoms. The zero-order valence-electron chi connectivity index (χ0n) is 17.0. The zero-order valence-corrected chi connectivity index (χ0v) is 17.0. The molecule has 3 aromatic rings. The van der Waals surface area contributed by atoms with E-state index >= 15 is 0 Å². The summed E-state index contributed by atoms with van der Waals surface area (Å²) in [5.74, 6) is -1.96. The second kappa shape index (κ2) is 7.64. The van der Waals surface area contributed by atoms with Gasteiger partial charge in [0, 0.05) is 0 Å². The van der Waals surface area contributed by atoms with Crippen LogP contribution in [0.2, 0.25) is 0 Å². The number of carbonyl (C=O) groups excluding carboxylic acids is 1. The van der Waals surface area contributed by atoms with Crippen LogP contribution in [0.25, 0.3) is 11.2 Å². The zero-order chi connectivity index (χ0) is 23.4. The van der Waals surface area contributed by atoms with Crippen LogP contribution in [0.5, 0.6) is 0 Å². The molecule has 2 aliphatic heterocycles. The topological polar surface area (TPSA) is 129 Å².